The van der Waals surface area contributed by atoms with Gasteiger partial charge in [-0.15, -0.1) is 0 Å². The van der Waals surface area contributed by atoms with E-state index in [4.69, 9.17) is 4.74 Å². The molecule has 224 valence electrons. The number of halogens is 2. The zero-order chi connectivity index (χ0) is 30.6. The molecule has 0 bridgehead atoms. The topological polar surface area (TPSA) is 128 Å². The van der Waals surface area contributed by atoms with Gasteiger partial charge in [-0.25, -0.2) is 22.0 Å². The lowest BCUT2D eigenvalue weighted by atomic mass is 9.99. The number of aliphatic hydroxyl groups excluding tert-OH is 1. The molecule has 3 atom stereocenters. The number of rotatable bonds is 8. The van der Waals surface area contributed by atoms with Crippen LogP contribution in [0.5, 0.6) is 5.75 Å². The summed E-state index contributed by atoms with van der Waals surface area (Å²) < 4.78 is 60.2. The second-order valence-corrected chi connectivity index (χ2v) is 12.2. The molecule has 0 saturated carbocycles. The standard InChI is InChI=1S/C29H32F2N4O6S/c1-18-15-35(19(2)17-36)28(37)25-14-23(33-29(38)32-22-8-4-20(30)5-9-22)10-13-26(25)41-27(18)16-34(3)42(39,40)24-11-6-21(31)7-12-24/h4-14,18-19,27,36H,15-17H2,1-3H3,(H2,32,33,38)/t18-,19-,27+/m0/s1. The number of benzene rings is 3. The zero-order valence-corrected chi connectivity index (χ0v) is 24.1. The number of hydrogen-bond acceptors (Lipinski definition) is 6. The number of carbonyl (C=O) groups excluding carboxylic acids is 2. The molecule has 3 N–H and O–H groups in total. The van der Waals surface area contributed by atoms with Crippen molar-refractivity contribution in [3.05, 3.63) is 83.9 Å². The van der Waals surface area contributed by atoms with E-state index in [0.717, 1.165) is 16.4 Å². The molecule has 0 aliphatic carbocycles. The lowest BCUT2D eigenvalue weighted by molar-refractivity contribution is 0.0387. The van der Waals surface area contributed by atoms with Gasteiger partial charge >= 0.3 is 6.03 Å². The average molecular weight is 603 g/mol. The number of sulfonamides is 1. The molecule has 0 radical (unpaired) electrons. The molecule has 1 aliphatic heterocycles. The van der Waals surface area contributed by atoms with Crippen LogP contribution in [0.25, 0.3) is 0 Å². The van der Waals surface area contributed by atoms with Crippen LogP contribution in [0, 0.1) is 17.6 Å². The van der Waals surface area contributed by atoms with Crippen molar-refractivity contribution in [1.29, 1.82) is 0 Å². The molecule has 0 unspecified atom stereocenters. The van der Waals surface area contributed by atoms with Gasteiger partial charge in [-0.1, -0.05) is 6.92 Å². The highest BCUT2D eigenvalue weighted by atomic mass is 32.2. The fourth-order valence-corrected chi connectivity index (χ4v) is 5.67. The zero-order valence-electron chi connectivity index (χ0n) is 23.3. The van der Waals surface area contributed by atoms with Gasteiger partial charge in [0.15, 0.2) is 0 Å². The van der Waals surface area contributed by atoms with E-state index in [-0.39, 0.29) is 47.5 Å². The Bertz CT molecular complexity index is 1540. The van der Waals surface area contributed by atoms with E-state index in [1.165, 1.54) is 66.5 Å². The van der Waals surface area contributed by atoms with E-state index < -0.39 is 45.7 Å². The summed E-state index contributed by atoms with van der Waals surface area (Å²) in [7, 11) is -2.59. The third-order valence-corrected chi connectivity index (χ3v) is 8.82. The Morgan fingerprint density at radius 2 is 1.62 bits per heavy atom. The molecule has 4 rings (SSSR count). The lowest BCUT2D eigenvalue weighted by Crippen LogP contribution is -2.50. The van der Waals surface area contributed by atoms with E-state index >= 15 is 0 Å². The van der Waals surface area contributed by atoms with Crippen LogP contribution in [0.4, 0.5) is 25.0 Å². The predicted octanol–water partition coefficient (Wildman–Crippen LogP) is 4.15. The number of nitrogens with one attached hydrogen (secondary N) is 2. The molecule has 1 heterocycles. The molecule has 3 aromatic rings. The van der Waals surface area contributed by atoms with E-state index in [1.807, 2.05) is 6.92 Å². The van der Waals surface area contributed by atoms with E-state index in [1.54, 1.807) is 6.92 Å². The van der Waals surface area contributed by atoms with E-state index in [2.05, 4.69) is 10.6 Å². The number of anilines is 2. The Labute approximate surface area is 242 Å². The third kappa shape index (κ3) is 7.04. The highest BCUT2D eigenvalue weighted by molar-refractivity contribution is 7.89. The summed E-state index contributed by atoms with van der Waals surface area (Å²) in [5.74, 6) is -1.64. The number of ether oxygens (including phenoxy) is 1. The number of hydrogen-bond donors (Lipinski definition) is 3. The van der Waals surface area contributed by atoms with Crippen LogP contribution in [0.3, 0.4) is 0 Å². The van der Waals surface area contributed by atoms with Crippen molar-refractivity contribution >= 4 is 33.3 Å². The van der Waals surface area contributed by atoms with Gasteiger partial charge in [-0.05, 0) is 73.7 Å². The Balaban J connectivity index is 1.61. The van der Waals surface area contributed by atoms with Crippen molar-refractivity contribution in [3.8, 4) is 5.75 Å². The molecular weight excluding hydrogens is 570 g/mol. The summed E-state index contributed by atoms with van der Waals surface area (Å²) in [6.07, 6.45) is -0.717. The summed E-state index contributed by atoms with van der Waals surface area (Å²) >= 11 is 0. The molecular formula is C29H32F2N4O6S. The minimum absolute atomic E-state index is 0.0781. The maximum atomic E-state index is 13.6. The molecule has 42 heavy (non-hydrogen) atoms. The van der Waals surface area contributed by atoms with E-state index in [0.29, 0.717) is 5.69 Å². The van der Waals surface area contributed by atoms with Crippen LogP contribution in [-0.4, -0.2) is 73.6 Å². The first-order chi connectivity index (χ1) is 19.9. The second-order valence-electron chi connectivity index (χ2n) is 10.2. The number of nitrogens with zero attached hydrogens (tertiary/aromatic N) is 2. The SMILES string of the molecule is C[C@H]1CN([C@@H](C)CO)C(=O)c2cc(NC(=O)Nc3ccc(F)cc3)ccc2O[C@@H]1CN(C)S(=O)(=O)c1ccc(F)cc1. The Hall–Kier alpha value is -4.07. The minimum atomic E-state index is -3.98. The molecule has 0 saturated heterocycles. The highest BCUT2D eigenvalue weighted by Gasteiger charge is 2.35. The van der Waals surface area contributed by atoms with Gasteiger partial charge in [0.25, 0.3) is 5.91 Å². The van der Waals surface area contributed by atoms with Crippen LogP contribution in [0.15, 0.2) is 71.6 Å². The highest BCUT2D eigenvalue weighted by Crippen LogP contribution is 2.31. The van der Waals surface area contributed by atoms with Gasteiger partial charge in [-0.3, -0.25) is 4.79 Å². The largest absolute Gasteiger partial charge is 0.488 e. The van der Waals surface area contributed by atoms with Crippen LogP contribution >= 0.6 is 0 Å². The third-order valence-electron chi connectivity index (χ3n) is 6.98. The predicted molar refractivity (Wildman–Crippen MR) is 153 cm³/mol. The molecule has 0 spiro atoms. The van der Waals surface area contributed by atoms with E-state index in [9.17, 15) is 31.9 Å². The number of fused-ring (bicyclic) bond motifs is 1. The van der Waals surface area contributed by atoms with Gasteiger partial charge in [0.2, 0.25) is 10.0 Å². The van der Waals surface area contributed by atoms with Crippen LogP contribution < -0.4 is 15.4 Å². The van der Waals surface area contributed by atoms with Gasteiger partial charge in [0, 0.05) is 30.9 Å². The molecule has 10 nitrogen and oxygen atoms in total. The summed E-state index contributed by atoms with van der Waals surface area (Å²) in [5.41, 5.74) is 0.734. The van der Waals surface area contributed by atoms with Crippen molar-refractivity contribution in [3.63, 3.8) is 0 Å². The molecule has 3 amide bonds. The van der Waals surface area contributed by atoms with Gasteiger partial charge in [0.05, 0.1) is 29.7 Å². The number of carbonyl (C=O) groups is 2. The summed E-state index contributed by atoms with van der Waals surface area (Å²) in [6, 6.07) is 13.0. The fraction of sp³-hybridized carbons (Fsp3) is 0.310. The molecule has 13 heteroatoms. The maximum absolute atomic E-state index is 13.6. The number of urea groups is 1. The summed E-state index contributed by atoms with van der Waals surface area (Å²) in [5, 5.41) is 15.1. The maximum Gasteiger partial charge on any atom is 0.323 e. The second kappa shape index (κ2) is 12.8. The van der Waals surface area contributed by atoms with Crippen molar-refractivity contribution < 1.29 is 36.6 Å². The molecule has 3 aromatic carbocycles. The van der Waals surface area contributed by atoms with Crippen LogP contribution in [0.1, 0.15) is 24.2 Å². The monoisotopic (exact) mass is 602 g/mol. The minimum Gasteiger partial charge on any atom is -0.488 e. The summed E-state index contributed by atoms with van der Waals surface area (Å²) in [6.45, 7) is 3.25. The summed E-state index contributed by atoms with van der Waals surface area (Å²) in [4.78, 5) is 27.6. The molecule has 0 fully saturated rings. The van der Waals surface area contributed by atoms with Crippen molar-refractivity contribution in [2.45, 2.75) is 30.9 Å². The van der Waals surface area contributed by atoms with Gasteiger partial charge in [0.1, 0.15) is 23.5 Å². The Kier molecular flexibility index (Phi) is 9.44. The quantitative estimate of drug-likeness (QED) is 0.356. The van der Waals surface area contributed by atoms with Gasteiger partial charge in [-0.2, -0.15) is 4.31 Å². The number of amides is 3. The van der Waals surface area contributed by atoms with Crippen molar-refractivity contribution in [1.82, 2.24) is 9.21 Å². The normalized spacial score (nSPS) is 18.0. The molecule has 0 aromatic heterocycles. The number of likely N-dealkylation sites (N-methyl/N-ethyl adjacent to an activating group) is 1. The first-order valence-corrected chi connectivity index (χ1v) is 14.6. The Morgan fingerprint density at radius 1 is 1.05 bits per heavy atom. The van der Waals surface area contributed by atoms with Crippen molar-refractivity contribution in [2.75, 3.05) is 37.4 Å². The lowest BCUT2D eigenvalue weighted by Gasteiger charge is -2.38. The smallest absolute Gasteiger partial charge is 0.323 e. The Morgan fingerprint density at radius 3 is 2.24 bits per heavy atom. The van der Waals surface area contributed by atoms with Crippen molar-refractivity contribution in [2.24, 2.45) is 5.92 Å². The molecule has 1 aliphatic rings. The fourth-order valence-electron chi connectivity index (χ4n) is 4.48. The average Bonchev–Trinajstić information content (AvgIpc) is 2.96. The van der Waals surface area contributed by atoms with Gasteiger partial charge < -0.3 is 25.4 Å². The first kappa shape index (κ1) is 30.9. The van der Waals surface area contributed by atoms with Crippen LogP contribution in [0.2, 0.25) is 0 Å². The number of aliphatic hydroxyl groups is 1. The van der Waals surface area contributed by atoms with Crippen LogP contribution in [-0.2, 0) is 10.0 Å². The first-order valence-electron chi connectivity index (χ1n) is 13.2.